The van der Waals surface area contributed by atoms with Crippen molar-refractivity contribution in [3.63, 3.8) is 0 Å². The van der Waals surface area contributed by atoms with E-state index < -0.39 is 79.6 Å². The molecule has 0 atom stereocenters. The summed E-state index contributed by atoms with van der Waals surface area (Å²) in [4.78, 5) is -3.90. The second-order valence-electron chi connectivity index (χ2n) is 5.78. The average molecular weight is 554 g/mol. The van der Waals surface area contributed by atoms with Crippen molar-refractivity contribution in [3.05, 3.63) is 28.8 Å². The zero-order valence-corrected chi connectivity index (χ0v) is 15.9. The summed E-state index contributed by atoms with van der Waals surface area (Å²) in [5, 5.41) is 0. The monoisotopic (exact) mass is 554 g/mol. The first-order valence-electron chi connectivity index (χ1n) is 6.92. The molecule has 0 fully saturated rings. The van der Waals surface area contributed by atoms with E-state index in [1.807, 2.05) is 0 Å². The minimum Gasteiger partial charge on any atom is -0.744 e. The first kappa shape index (κ1) is 32.5. The Kier molecular flexibility index (Phi) is 8.21. The molecule has 0 aromatic heterocycles. The van der Waals surface area contributed by atoms with Gasteiger partial charge >= 0.3 is 54.6 Å². The van der Waals surface area contributed by atoms with E-state index in [1.54, 1.807) is 0 Å². The van der Waals surface area contributed by atoms with Gasteiger partial charge in [0.15, 0.2) is 23.3 Å². The second kappa shape index (κ2) is 8.58. The molecule has 0 spiro atoms. The van der Waals surface area contributed by atoms with Gasteiger partial charge in [-0.3, -0.25) is 0 Å². The zero-order valence-electron chi connectivity index (χ0n) is 15.1. The fourth-order valence-corrected chi connectivity index (χ4v) is 2.83. The molecule has 0 aliphatic rings. The molecule has 192 valence electrons. The first-order chi connectivity index (χ1) is 14.1. The molecule has 0 heterocycles. The molecule has 34 heavy (non-hydrogen) atoms. The molecule has 22 heteroatoms. The summed E-state index contributed by atoms with van der Waals surface area (Å²) in [5.74, 6) is -56.8. The van der Waals surface area contributed by atoms with Gasteiger partial charge < -0.3 is 4.55 Å². The van der Waals surface area contributed by atoms with Crippen molar-refractivity contribution in [2.24, 2.45) is 0 Å². The molecule has 0 saturated carbocycles. The number of benzene rings is 1. The van der Waals surface area contributed by atoms with Crippen molar-refractivity contribution in [2.45, 2.75) is 40.7 Å². The number of hydrogen-bond donors (Lipinski definition) is 0. The molecule has 3 nitrogen and oxygen atoms in total. The second-order valence-corrected chi connectivity index (χ2v) is 7.10. The standard InChI is InChI=1S/C12HF17O3S.Li/c13-2-1(6(33(30,31)32)5(16)4(15)3(2)14)7(17,18)8(19,20)9(21,22)10(23,24)11(25,26)12(27,28)29;/h(H,30,31,32);/q;+1/p-1. The Labute approximate surface area is 186 Å². The van der Waals surface area contributed by atoms with Crippen molar-refractivity contribution in [1.29, 1.82) is 0 Å². The molecular weight excluding hydrogens is 554 g/mol. The molecule has 0 N–H and O–H groups in total. The van der Waals surface area contributed by atoms with Crippen molar-refractivity contribution >= 4 is 10.1 Å². The molecule has 0 radical (unpaired) electrons. The van der Waals surface area contributed by atoms with E-state index in [-0.39, 0.29) is 18.9 Å². The predicted molar refractivity (Wildman–Crippen MR) is 64.0 cm³/mol. The van der Waals surface area contributed by atoms with E-state index in [9.17, 15) is 87.6 Å². The van der Waals surface area contributed by atoms with Crippen LogP contribution in [0.5, 0.6) is 0 Å². The van der Waals surface area contributed by atoms with Crippen molar-refractivity contribution in [1.82, 2.24) is 0 Å². The minimum absolute atomic E-state index is 0. The molecular formula is C12F17LiO3S. The van der Waals surface area contributed by atoms with Gasteiger partial charge in [0, 0.05) is 0 Å². The van der Waals surface area contributed by atoms with Crippen LogP contribution >= 0.6 is 0 Å². The molecule has 0 unspecified atom stereocenters. The van der Waals surface area contributed by atoms with Crippen LogP contribution in [0.1, 0.15) is 5.56 Å². The maximum atomic E-state index is 14.0. The summed E-state index contributed by atoms with van der Waals surface area (Å²) in [6, 6.07) is 0. The van der Waals surface area contributed by atoms with Gasteiger partial charge in [0.2, 0.25) is 0 Å². The van der Waals surface area contributed by atoms with Crippen LogP contribution < -0.4 is 18.9 Å². The van der Waals surface area contributed by atoms with Crippen LogP contribution in [0.25, 0.3) is 0 Å². The Morgan fingerprint density at radius 1 is 0.529 bits per heavy atom. The Balaban J connectivity index is 0.0000109. The normalized spacial score (nSPS) is 14.8. The molecule has 1 aromatic rings. The van der Waals surface area contributed by atoms with Gasteiger partial charge in [-0.05, 0) is 0 Å². The van der Waals surface area contributed by atoms with E-state index in [0.717, 1.165) is 0 Å². The largest absolute Gasteiger partial charge is 1.00 e. The third-order valence-corrected chi connectivity index (χ3v) is 4.60. The number of halogens is 17. The van der Waals surface area contributed by atoms with Crippen LogP contribution in [-0.2, 0) is 16.0 Å². The van der Waals surface area contributed by atoms with Crippen LogP contribution in [0.4, 0.5) is 74.6 Å². The maximum absolute atomic E-state index is 14.0. The van der Waals surface area contributed by atoms with Gasteiger partial charge in [-0.25, -0.2) is 26.0 Å². The van der Waals surface area contributed by atoms with Crippen LogP contribution in [0.3, 0.4) is 0 Å². The predicted octanol–water partition coefficient (Wildman–Crippen LogP) is 2.35. The summed E-state index contributed by atoms with van der Waals surface area (Å²) in [5.41, 5.74) is -4.40. The topological polar surface area (TPSA) is 57.2 Å². The minimum atomic E-state index is -8.62. The molecule has 0 saturated heterocycles. The number of alkyl halides is 13. The fourth-order valence-electron chi connectivity index (χ4n) is 2.05. The van der Waals surface area contributed by atoms with Crippen molar-refractivity contribution in [2.75, 3.05) is 0 Å². The summed E-state index contributed by atoms with van der Waals surface area (Å²) >= 11 is 0. The van der Waals surface area contributed by atoms with Crippen LogP contribution in [-0.4, -0.2) is 42.8 Å². The average Bonchev–Trinajstić information content (AvgIpc) is 2.59. The van der Waals surface area contributed by atoms with E-state index in [0.29, 0.717) is 0 Å². The molecule has 1 aromatic carbocycles. The molecule has 0 aliphatic heterocycles. The quantitative estimate of drug-likeness (QED) is 0.179. The third-order valence-electron chi connectivity index (χ3n) is 3.72. The van der Waals surface area contributed by atoms with Gasteiger partial charge in [0.05, 0.1) is 5.56 Å². The fraction of sp³-hybridized carbons (Fsp3) is 0.500. The molecule has 1 rings (SSSR count). The van der Waals surface area contributed by atoms with Gasteiger partial charge in [0.1, 0.15) is 15.0 Å². The van der Waals surface area contributed by atoms with Gasteiger partial charge in [-0.2, -0.15) is 57.1 Å². The molecule has 0 amide bonds. The number of rotatable bonds is 6. The van der Waals surface area contributed by atoms with E-state index >= 15 is 0 Å². The van der Waals surface area contributed by atoms with Gasteiger partial charge in [0.25, 0.3) is 0 Å². The summed E-state index contributed by atoms with van der Waals surface area (Å²) in [6.07, 6.45) is -7.83. The zero-order chi connectivity index (χ0) is 27.0. The molecule has 0 bridgehead atoms. The Morgan fingerprint density at radius 2 is 0.853 bits per heavy atom. The van der Waals surface area contributed by atoms with E-state index in [2.05, 4.69) is 0 Å². The van der Waals surface area contributed by atoms with Crippen LogP contribution in [0, 0.1) is 23.3 Å². The van der Waals surface area contributed by atoms with Gasteiger partial charge in [-0.1, -0.05) is 0 Å². The maximum Gasteiger partial charge on any atom is 1.00 e. The number of hydrogen-bond acceptors (Lipinski definition) is 3. The SMILES string of the molecule is O=S(=O)([O-])c1c(F)c(F)c(F)c(F)c1C(F)(F)C(F)(F)C(F)(F)C(F)(F)C(F)(F)C(F)(F)F.[Li+]. The van der Waals surface area contributed by atoms with Gasteiger partial charge in [-0.15, -0.1) is 0 Å². The van der Waals surface area contributed by atoms with Crippen LogP contribution in [0.15, 0.2) is 4.90 Å². The molecule has 0 aliphatic carbocycles. The van der Waals surface area contributed by atoms with E-state index in [4.69, 9.17) is 0 Å². The summed E-state index contributed by atoms with van der Waals surface area (Å²) in [6.45, 7) is 0. The summed E-state index contributed by atoms with van der Waals surface area (Å²) in [7, 11) is -7.25. The van der Waals surface area contributed by atoms with Crippen molar-refractivity contribution in [3.8, 4) is 0 Å². The summed E-state index contributed by atoms with van der Waals surface area (Å²) < 4.78 is 256. The smallest absolute Gasteiger partial charge is 0.744 e. The van der Waals surface area contributed by atoms with E-state index in [1.165, 1.54) is 0 Å². The Hall–Kier alpha value is -1.46. The Morgan fingerprint density at radius 3 is 1.18 bits per heavy atom. The third kappa shape index (κ3) is 4.21. The van der Waals surface area contributed by atoms with Crippen LogP contribution in [0.2, 0.25) is 0 Å². The van der Waals surface area contributed by atoms with Crippen molar-refractivity contribution < 1.29 is 106 Å². The Bertz CT molecular complexity index is 1060. The first-order valence-corrected chi connectivity index (χ1v) is 8.33.